The van der Waals surface area contributed by atoms with Crippen LogP contribution >= 0.6 is 0 Å². The lowest BCUT2D eigenvalue weighted by atomic mass is 10.1. The number of hydrogen-bond acceptors (Lipinski definition) is 4. The van der Waals surface area contributed by atoms with Crippen molar-refractivity contribution in [3.63, 3.8) is 0 Å². The van der Waals surface area contributed by atoms with Gasteiger partial charge in [0.1, 0.15) is 22.9 Å². The number of halogens is 1. The molecule has 0 fully saturated rings. The number of rotatable bonds is 4. The smallest absolute Gasteiger partial charge is 0.341 e. The summed E-state index contributed by atoms with van der Waals surface area (Å²) in [6.07, 6.45) is 0. The predicted octanol–water partition coefficient (Wildman–Crippen LogP) is 3.09. The lowest BCUT2D eigenvalue weighted by Gasteiger charge is -2.16. The molecule has 0 saturated carbocycles. The molecule has 0 aliphatic carbocycles. The Bertz CT molecular complexity index is 751. The van der Waals surface area contributed by atoms with Gasteiger partial charge in [-0.25, -0.2) is 9.18 Å². The molecule has 0 aliphatic heterocycles. The van der Waals surface area contributed by atoms with Gasteiger partial charge in [-0.1, -0.05) is 6.07 Å². The summed E-state index contributed by atoms with van der Waals surface area (Å²) in [7, 11) is 2.87. The van der Waals surface area contributed by atoms with Crippen LogP contribution in [0.1, 0.15) is 37.8 Å². The number of carbonyl (C=O) groups excluding carboxylic acids is 2. The summed E-state index contributed by atoms with van der Waals surface area (Å²) in [5.41, 5.74) is 1.06. The number of esters is 1. The Balaban J connectivity index is 2.15. The van der Waals surface area contributed by atoms with Gasteiger partial charge in [-0.3, -0.25) is 4.79 Å². The molecule has 0 radical (unpaired) electrons. The van der Waals surface area contributed by atoms with Crippen molar-refractivity contribution in [2.45, 2.75) is 20.4 Å². The van der Waals surface area contributed by atoms with Crippen LogP contribution in [0.4, 0.5) is 4.39 Å². The van der Waals surface area contributed by atoms with E-state index in [0.29, 0.717) is 22.6 Å². The third-order valence-corrected chi connectivity index (χ3v) is 3.53. The number of carbonyl (C=O) groups is 2. The van der Waals surface area contributed by atoms with Crippen LogP contribution in [-0.2, 0) is 11.3 Å². The molecular weight excluding hydrogens is 301 g/mol. The number of benzene rings is 1. The number of aryl methyl sites for hydroxylation is 2. The van der Waals surface area contributed by atoms with E-state index >= 15 is 0 Å². The van der Waals surface area contributed by atoms with Gasteiger partial charge in [0.2, 0.25) is 0 Å². The van der Waals surface area contributed by atoms with E-state index in [4.69, 9.17) is 4.42 Å². The molecule has 0 spiro atoms. The summed E-state index contributed by atoms with van der Waals surface area (Å²) in [4.78, 5) is 25.3. The van der Waals surface area contributed by atoms with Gasteiger partial charge in [-0.2, -0.15) is 0 Å². The summed E-state index contributed by atoms with van der Waals surface area (Å²) in [5.74, 6) is -0.379. The molecule has 0 bridgehead atoms. The number of furan rings is 1. The molecular formula is C17H18FNO4. The molecule has 23 heavy (non-hydrogen) atoms. The van der Waals surface area contributed by atoms with Crippen LogP contribution in [0.3, 0.4) is 0 Å². The van der Waals surface area contributed by atoms with E-state index in [9.17, 15) is 14.0 Å². The Morgan fingerprint density at radius 1 is 1.26 bits per heavy atom. The topological polar surface area (TPSA) is 59.8 Å². The predicted molar refractivity (Wildman–Crippen MR) is 81.7 cm³/mol. The monoisotopic (exact) mass is 319 g/mol. The Kier molecular flexibility index (Phi) is 4.83. The molecule has 122 valence electrons. The highest BCUT2D eigenvalue weighted by Crippen LogP contribution is 2.18. The average Bonchev–Trinajstić information content (AvgIpc) is 2.88. The molecule has 1 aromatic carbocycles. The second-order valence-corrected chi connectivity index (χ2v) is 5.30. The fourth-order valence-electron chi connectivity index (χ4n) is 2.19. The molecule has 6 heteroatoms. The number of hydrogen-bond donors (Lipinski definition) is 0. The zero-order valence-electron chi connectivity index (χ0n) is 13.5. The third-order valence-electron chi connectivity index (χ3n) is 3.53. The SMILES string of the molecule is COC(=O)c1cc(CN(C)C(=O)c2ccc(C)c(F)c2)oc1C. The molecule has 1 amide bonds. The van der Waals surface area contributed by atoms with Gasteiger partial charge >= 0.3 is 5.97 Å². The lowest BCUT2D eigenvalue weighted by Crippen LogP contribution is -2.26. The van der Waals surface area contributed by atoms with Gasteiger partial charge < -0.3 is 14.1 Å². The number of amides is 1. The van der Waals surface area contributed by atoms with Crippen molar-refractivity contribution >= 4 is 11.9 Å². The highest BCUT2D eigenvalue weighted by Gasteiger charge is 2.19. The van der Waals surface area contributed by atoms with Crippen LogP contribution in [0.15, 0.2) is 28.7 Å². The van der Waals surface area contributed by atoms with Crippen molar-refractivity contribution in [3.8, 4) is 0 Å². The number of nitrogens with zero attached hydrogens (tertiary/aromatic N) is 1. The molecule has 0 unspecified atom stereocenters. The van der Waals surface area contributed by atoms with E-state index < -0.39 is 11.8 Å². The van der Waals surface area contributed by atoms with Crippen molar-refractivity contribution in [1.29, 1.82) is 0 Å². The van der Waals surface area contributed by atoms with Crippen molar-refractivity contribution in [2.24, 2.45) is 0 Å². The zero-order chi connectivity index (χ0) is 17.1. The van der Waals surface area contributed by atoms with Gasteiger partial charge in [0.15, 0.2) is 0 Å². The van der Waals surface area contributed by atoms with Crippen molar-refractivity contribution in [3.05, 3.63) is 58.3 Å². The highest BCUT2D eigenvalue weighted by molar-refractivity contribution is 5.94. The highest BCUT2D eigenvalue weighted by atomic mass is 19.1. The summed E-state index contributed by atoms with van der Waals surface area (Å²) in [5, 5.41) is 0. The average molecular weight is 319 g/mol. The minimum atomic E-state index is -0.493. The van der Waals surface area contributed by atoms with E-state index in [1.165, 1.54) is 18.1 Å². The van der Waals surface area contributed by atoms with E-state index in [2.05, 4.69) is 4.74 Å². The maximum atomic E-state index is 13.6. The van der Waals surface area contributed by atoms with Crippen LogP contribution in [0.5, 0.6) is 0 Å². The normalized spacial score (nSPS) is 10.5. The van der Waals surface area contributed by atoms with Crippen molar-refractivity contribution in [1.82, 2.24) is 4.90 Å². The molecule has 0 aliphatic rings. The van der Waals surface area contributed by atoms with E-state index in [1.807, 2.05) is 0 Å². The van der Waals surface area contributed by atoms with Crippen LogP contribution in [0, 0.1) is 19.7 Å². The van der Waals surface area contributed by atoms with E-state index in [0.717, 1.165) is 0 Å². The maximum Gasteiger partial charge on any atom is 0.341 e. The van der Waals surface area contributed by atoms with Crippen LogP contribution in [0.2, 0.25) is 0 Å². The standard InChI is InChI=1S/C17H18FNO4/c1-10-5-6-12(7-15(10)18)16(20)19(3)9-13-8-14(11(2)23-13)17(21)22-4/h5-8H,9H2,1-4H3. The van der Waals surface area contributed by atoms with E-state index in [-0.39, 0.29) is 18.0 Å². The number of methoxy groups -OCH3 is 1. The van der Waals surface area contributed by atoms with Gasteiger partial charge in [-0.05, 0) is 37.6 Å². The molecule has 1 aromatic heterocycles. The second-order valence-electron chi connectivity index (χ2n) is 5.30. The molecule has 2 rings (SSSR count). The first-order valence-corrected chi connectivity index (χ1v) is 7.02. The van der Waals surface area contributed by atoms with Crippen LogP contribution < -0.4 is 0 Å². The first kappa shape index (κ1) is 16.7. The van der Waals surface area contributed by atoms with E-state index in [1.54, 1.807) is 39.1 Å². The second kappa shape index (κ2) is 6.64. The van der Waals surface area contributed by atoms with Gasteiger partial charge in [0, 0.05) is 12.6 Å². The zero-order valence-corrected chi connectivity index (χ0v) is 13.5. The fraction of sp³-hybridized carbons (Fsp3) is 0.294. The molecule has 2 aromatic rings. The van der Waals surface area contributed by atoms with Crippen molar-refractivity contribution in [2.75, 3.05) is 14.2 Å². The lowest BCUT2D eigenvalue weighted by molar-refractivity contribution is 0.0598. The Morgan fingerprint density at radius 2 is 1.96 bits per heavy atom. The fourth-order valence-corrected chi connectivity index (χ4v) is 2.19. The quantitative estimate of drug-likeness (QED) is 0.813. The Morgan fingerprint density at radius 3 is 2.57 bits per heavy atom. The Labute approximate surface area is 133 Å². The molecule has 0 N–H and O–H groups in total. The van der Waals surface area contributed by atoms with Crippen LogP contribution in [-0.4, -0.2) is 30.9 Å². The van der Waals surface area contributed by atoms with Gasteiger partial charge in [0.05, 0.1) is 13.7 Å². The molecule has 0 atom stereocenters. The third kappa shape index (κ3) is 3.59. The minimum absolute atomic E-state index is 0.159. The van der Waals surface area contributed by atoms with Gasteiger partial charge in [0.25, 0.3) is 5.91 Å². The Hall–Kier alpha value is -2.63. The van der Waals surface area contributed by atoms with Gasteiger partial charge in [-0.15, -0.1) is 0 Å². The maximum absolute atomic E-state index is 13.6. The minimum Gasteiger partial charge on any atom is -0.465 e. The summed E-state index contributed by atoms with van der Waals surface area (Å²) in [6, 6.07) is 5.88. The number of ether oxygens (including phenoxy) is 1. The van der Waals surface area contributed by atoms with Crippen molar-refractivity contribution < 1.29 is 23.1 Å². The summed E-state index contributed by atoms with van der Waals surface area (Å²) < 4.78 is 23.7. The summed E-state index contributed by atoms with van der Waals surface area (Å²) in [6.45, 7) is 3.44. The largest absolute Gasteiger partial charge is 0.465 e. The summed E-state index contributed by atoms with van der Waals surface area (Å²) >= 11 is 0. The van der Waals surface area contributed by atoms with Crippen LogP contribution in [0.25, 0.3) is 0 Å². The first-order chi connectivity index (χ1) is 10.8. The molecule has 5 nitrogen and oxygen atoms in total. The molecule has 1 heterocycles. The first-order valence-electron chi connectivity index (χ1n) is 7.02. The molecule has 0 saturated heterocycles.